The topological polar surface area (TPSA) is 79.5 Å². The van der Waals surface area contributed by atoms with E-state index in [9.17, 15) is 9.90 Å². The number of aliphatic hydroxyl groups excluding tert-OH is 1. The van der Waals surface area contributed by atoms with Crippen molar-refractivity contribution in [1.82, 2.24) is 15.0 Å². The van der Waals surface area contributed by atoms with Crippen LogP contribution in [0.5, 0.6) is 0 Å². The molecule has 1 fully saturated rings. The van der Waals surface area contributed by atoms with Crippen LogP contribution in [-0.2, 0) is 6.42 Å². The summed E-state index contributed by atoms with van der Waals surface area (Å²) in [5, 5.41) is 15.1. The number of pyridine rings is 1. The first-order valence-corrected chi connectivity index (χ1v) is 8.35. The number of amides is 1. The van der Waals surface area contributed by atoms with Crippen LogP contribution in [0, 0.1) is 12.8 Å². The molecular weight excluding hydrogens is 318 g/mol. The summed E-state index contributed by atoms with van der Waals surface area (Å²) >= 11 is 0. The molecule has 1 aliphatic rings. The fourth-order valence-corrected chi connectivity index (χ4v) is 3.45. The Bertz CT molecular complexity index is 916. The number of carbonyl (C=O) groups is 1. The number of carbonyl (C=O) groups excluding carboxylic acids is 1. The highest BCUT2D eigenvalue weighted by atomic mass is 16.5. The number of fused-ring (bicyclic) bond motifs is 1. The second-order valence-corrected chi connectivity index (χ2v) is 6.55. The third kappa shape index (κ3) is 3.00. The molecule has 1 N–H and O–H groups in total. The summed E-state index contributed by atoms with van der Waals surface area (Å²) in [6.07, 6.45) is 1.72. The Morgan fingerprint density at radius 3 is 3.00 bits per heavy atom. The molecule has 1 aromatic carbocycles. The lowest BCUT2D eigenvalue weighted by Crippen LogP contribution is -2.29. The molecule has 6 nitrogen and oxygen atoms in total. The van der Waals surface area contributed by atoms with Gasteiger partial charge in [-0.1, -0.05) is 17.3 Å². The Hall–Kier alpha value is -2.73. The van der Waals surface area contributed by atoms with Gasteiger partial charge in [0.1, 0.15) is 5.76 Å². The number of hydrogen-bond acceptors (Lipinski definition) is 5. The largest absolute Gasteiger partial charge is 0.391 e. The van der Waals surface area contributed by atoms with Gasteiger partial charge in [-0.2, -0.15) is 0 Å². The summed E-state index contributed by atoms with van der Waals surface area (Å²) in [7, 11) is 0. The first kappa shape index (κ1) is 15.8. The molecule has 2 atom stereocenters. The monoisotopic (exact) mass is 337 g/mol. The average molecular weight is 337 g/mol. The maximum Gasteiger partial charge on any atom is 0.254 e. The van der Waals surface area contributed by atoms with E-state index in [1.54, 1.807) is 11.1 Å². The number of nitrogens with zero attached hydrogens (tertiary/aromatic N) is 3. The molecule has 0 unspecified atom stereocenters. The van der Waals surface area contributed by atoms with Gasteiger partial charge in [0.05, 0.1) is 17.3 Å². The highest BCUT2D eigenvalue weighted by molar-refractivity contribution is 6.06. The standard InChI is InChI=1S/C19H19N3O3/c1-12-8-14(25-21-12)9-13-10-22(11-18(13)23)19(24)16-4-2-6-17-15(16)5-3-7-20-17/h2-8,13,18,23H,9-11H2,1H3/t13-,18-/m1/s1. The molecule has 3 heterocycles. The van der Waals surface area contributed by atoms with Crippen LogP contribution in [0.25, 0.3) is 10.9 Å². The van der Waals surface area contributed by atoms with Gasteiger partial charge in [0, 0.05) is 48.6 Å². The van der Waals surface area contributed by atoms with E-state index >= 15 is 0 Å². The quantitative estimate of drug-likeness (QED) is 0.793. The van der Waals surface area contributed by atoms with E-state index in [1.807, 2.05) is 43.3 Å². The average Bonchev–Trinajstić information content (AvgIpc) is 3.20. The van der Waals surface area contributed by atoms with E-state index in [-0.39, 0.29) is 11.8 Å². The van der Waals surface area contributed by atoms with Crippen molar-refractivity contribution in [2.75, 3.05) is 13.1 Å². The Balaban J connectivity index is 1.55. The third-order valence-corrected chi connectivity index (χ3v) is 4.71. The van der Waals surface area contributed by atoms with Gasteiger partial charge < -0.3 is 14.5 Å². The summed E-state index contributed by atoms with van der Waals surface area (Å²) in [6, 6.07) is 11.1. The van der Waals surface area contributed by atoms with Crippen molar-refractivity contribution < 1.29 is 14.4 Å². The lowest BCUT2D eigenvalue weighted by molar-refractivity contribution is 0.0766. The van der Waals surface area contributed by atoms with E-state index in [2.05, 4.69) is 10.1 Å². The number of aryl methyl sites for hydroxylation is 1. The molecule has 1 saturated heterocycles. The third-order valence-electron chi connectivity index (χ3n) is 4.71. The molecule has 128 valence electrons. The Morgan fingerprint density at radius 2 is 2.20 bits per heavy atom. The van der Waals surface area contributed by atoms with Gasteiger partial charge in [-0.15, -0.1) is 0 Å². The minimum atomic E-state index is -0.567. The maximum atomic E-state index is 13.0. The Morgan fingerprint density at radius 1 is 1.32 bits per heavy atom. The van der Waals surface area contributed by atoms with E-state index in [0.29, 0.717) is 25.1 Å². The first-order valence-electron chi connectivity index (χ1n) is 8.35. The first-order chi connectivity index (χ1) is 12.1. The maximum absolute atomic E-state index is 13.0. The van der Waals surface area contributed by atoms with Crippen LogP contribution in [0.4, 0.5) is 0 Å². The van der Waals surface area contributed by atoms with Gasteiger partial charge in [0.15, 0.2) is 0 Å². The molecule has 0 aliphatic carbocycles. The number of rotatable bonds is 3. The SMILES string of the molecule is Cc1cc(C[C@@H]2CN(C(=O)c3cccc4ncccc34)C[C@H]2O)on1. The molecule has 0 bridgehead atoms. The Kier molecular flexibility index (Phi) is 3.97. The molecule has 0 radical (unpaired) electrons. The van der Waals surface area contributed by atoms with Gasteiger partial charge in [0.2, 0.25) is 0 Å². The predicted octanol–water partition coefficient (Wildman–Crippen LogP) is 2.21. The van der Waals surface area contributed by atoms with E-state index in [1.165, 1.54) is 0 Å². The van der Waals surface area contributed by atoms with Crippen LogP contribution in [0.2, 0.25) is 0 Å². The summed E-state index contributed by atoms with van der Waals surface area (Å²) in [6.45, 7) is 2.69. The second-order valence-electron chi connectivity index (χ2n) is 6.55. The fraction of sp³-hybridized carbons (Fsp3) is 0.316. The zero-order valence-electron chi connectivity index (χ0n) is 13.9. The predicted molar refractivity (Wildman–Crippen MR) is 92.1 cm³/mol. The number of hydrogen-bond donors (Lipinski definition) is 1. The van der Waals surface area contributed by atoms with Gasteiger partial charge >= 0.3 is 0 Å². The highest BCUT2D eigenvalue weighted by Gasteiger charge is 2.35. The van der Waals surface area contributed by atoms with Crippen molar-refractivity contribution in [1.29, 1.82) is 0 Å². The van der Waals surface area contributed by atoms with Crippen LogP contribution in [0.15, 0.2) is 47.1 Å². The van der Waals surface area contributed by atoms with E-state index in [0.717, 1.165) is 22.4 Å². The van der Waals surface area contributed by atoms with Gasteiger partial charge in [-0.3, -0.25) is 9.78 Å². The smallest absolute Gasteiger partial charge is 0.254 e. The van der Waals surface area contributed by atoms with Crippen molar-refractivity contribution in [2.45, 2.75) is 19.4 Å². The molecule has 0 spiro atoms. The number of benzene rings is 1. The lowest BCUT2D eigenvalue weighted by atomic mass is 10.0. The molecule has 1 amide bonds. The van der Waals surface area contributed by atoms with Crippen LogP contribution >= 0.6 is 0 Å². The van der Waals surface area contributed by atoms with E-state index < -0.39 is 6.10 Å². The molecule has 6 heteroatoms. The van der Waals surface area contributed by atoms with Crippen molar-refractivity contribution in [3.8, 4) is 0 Å². The molecule has 25 heavy (non-hydrogen) atoms. The van der Waals surface area contributed by atoms with Crippen LogP contribution in [0.3, 0.4) is 0 Å². The molecule has 2 aromatic heterocycles. The zero-order valence-corrected chi connectivity index (χ0v) is 13.9. The fourth-order valence-electron chi connectivity index (χ4n) is 3.45. The number of aromatic nitrogens is 2. The van der Waals surface area contributed by atoms with Gasteiger partial charge in [-0.05, 0) is 25.1 Å². The van der Waals surface area contributed by atoms with Gasteiger partial charge in [0.25, 0.3) is 5.91 Å². The second kappa shape index (κ2) is 6.29. The Labute approximate surface area is 145 Å². The summed E-state index contributed by atoms with van der Waals surface area (Å²) in [5.41, 5.74) is 2.23. The van der Waals surface area contributed by atoms with E-state index in [4.69, 9.17) is 4.52 Å². The molecule has 1 aliphatic heterocycles. The number of β-amino-alcohol motifs (C(OH)–C–C–N with tert-alkyl or cyclic N) is 1. The molecule has 0 saturated carbocycles. The van der Waals surface area contributed by atoms with Crippen molar-refractivity contribution >= 4 is 16.8 Å². The molecular formula is C19H19N3O3. The number of likely N-dealkylation sites (tertiary alicyclic amines) is 1. The zero-order chi connectivity index (χ0) is 17.4. The summed E-state index contributed by atoms with van der Waals surface area (Å²) < 4.78 is 5.24. The van der Waals surface area contributed by atoms with Crippen LogP contribution in [-0.4, -0.2) is 45.2 Å². The minimum Gasteiger partial charge on any atom is -0.391 e. The minimum absolute atomic E-state index is 0.0515. The normalized spacial score (nSPS) is 20.3. The van der Waals surface area contributed by atoms with Crippen molar-refractivity contribution in [3.63, 3.8) is 0 Å². The summed E-state index contributed by atoms with van der Waals surface area (Å²) in [4.78, 5) is 19.0. The molecule has 3 aromatic rings. The molecule has 4 rings (SSSR count). The summed E-state index contributed by atoms with van der Waals surface area (Å²) in [5.74, 6) is 0.614. The van der Waals surface area contributed by atoms with Crippen molar-refractivity contribution in [3.05, 3.63) is 59.6 Å². The number of aliphatic hydroxyl groups is 1. The van der Waals surface area contributed by atoms with Crippen LogP contribution in [0.1, 0.15) is 21.8 Å². The highest BCUT2D eigenvalue weighted by Crippen LogP contribution is 2.25. The van der Waals surface area contributed by atoms with Crippen molar-refractivity contribution in [2.24, 2.45) is 5.92 Å². The van der Waals surface area contributed by atoms with Crippen LogP contribution < -0.4 is 0 Å². The van der Waals surface area contributed by atoms with Gasteiger partial charge in [-0.25, -0.2) is 0 Å². The lowest BCUT2D eigenvalue weighted by Gasteiger charge is -2.17.